The van der Waals surface area contributed by atoms with Gasteiger partial charge in [0.25, 0.3) is 0 Å². The van der Waals surface area contributed by atoms with Crippen LogP contribution in [-0.2, 0) is 5.41 Å². The molecule has 9 aromatic rings. The topological polar surface area (TPSA) is 33.5 Å². The first-order valence-electron chi connectivity index (χ1n) is 20.1. The number of thiophene rings is 1. The van der Waals surface area contributed by atoms with E-state index in [2.05, 4.69) is 208 Å². The fourth-order valence-electron chi connectivity index (χ4n) is 8.46. The molecule has 6 aromatic carbocycles. The third-order valence-corrected chi connectivity index (χ3v) is 12.5. The van der Waals surface area contributed by atoms with Crippen LogP contribution in [0, 0.1) is 0 Å². The molecule has 0 unspecified atom stereocenters. The highest BCUT2D eigenvalue weighted by atomic mass is 32.1. The molecule has 0 saturated heterocycles. The number of hydrogen-bond donors (Lipinski definition) is 0. The minimum absolute atomic E-state index is 0.0227. The molecule has 3 aromatic heterocycles. The summed E-state index contributed by atoms with van der Waals surface area (Å²) < 4.78 is 11.7. The molecule has 0 aliphatic carbocycles. The van der Waals surface area contributed by atoms with Crippen molar-refractivity contribution in [3.63, 3.8) is 0 Å². The van der Waals surface area contributed by atoms with Crippen molar-refractivity contribution in [1.29, 1.82) is 0 Å². The lowest BCUT2D eigenvalue weighted by molar-refractivity contribution is 0.237. The number of pyridine rings is 1. The maximum Gasteiger partial charge on any atom is 0.137 e. The normalized spacial score (nSPS) is 13.8. The van der Waals surface area contributed by atoms with E-state index >= 15 is 0 Å². The van der Waals surface area contributed by atoms with Crippen molar-refractivity contribution in [3.8, 4) is 17.3 Å². The van der Waals surface area contributed by atoms with Gasteiger partial charge in [-0.3, -0.25) is 4.57 Å². The number of anilines is 1. The van der Waals surface area contributed by atoms with E-state index in [1.54, 1.807) is 0 Å². The maximum absolute atomic E-state index is 6.83. The molecule has 286 valence electrons. The molecule has 1 aliphatic heterocycles. The van der Waals surface area contributed by atoms with Crippen LogP contribution >= 0.6 is 11.3 Å². The zero-order valence-corrected chi connectivity index (χ0v) is 34.6. The third-order valence-electron chi connectivity index (χ3n) is 11.4. The quantitative estimate of drug-likeness (QED) is 0.168. The average molecular weight is 775 g/mol. The first-order valence-corrected chi connectivity index (χ1v) is 20.9. The Bertz CT molecular complexity index is 3040. The lowest BCUT2D eigenvalue weighted by Crippen LogP contribution is -2.41. The smallest absolute Gasteiger partial charge is 0.137 e. The van der Waals surface area contributed by atoms with Crippen molar-refractivity contribution in [2.45, 2.75) is 52.5 Å². The summed E-state index contributed by atoms with van der Waals surface area (Å²) in [5.41, 5.74) is 9.15. The molecule has 0 amide bonds. The predicted molar refractivity (Wildman–Crippen MR) is 245 cm³/mol. The van der Waals surface area contributed by atoms with Gasteiger partial charge in [-0.15, -0.1) is 11.3 Å². The van der Waals surface area contributed by atoms with Gasteiger partial charge in [-0.2, -0.15) is 0 Å². The minimum atomic E-state index is -0.120. The van der Waals surface area contributed by atoms with Crippen LogP contribution in [0.2, 0.25) is 0 Å². The molecule has 5 nitrogen and oxygen atoms in total. The van der Waals surface area contributed by atoms with E-state index in [9.17, 15) is 0 Å². The summed E-state index contributed by atoms with van der Waals surface area (Å²) >= 11 is 1.84. The number of hydrogen-bond acceptors (Lipinski definition) is 5. The molecule has 4 heterocycles. The van der Waals surface area contributed by atoms with Gasteiger partial charge in [-0.05, 0) is 86.3 Å². The summed E-state index contributed by atoms with van der Waals surface area (Å²) in [5, 5.41) is 4.95. The van der Waals surface area contributed by atoms with Crippen LogP contribution in [0.15, 0.2) is 158 Å². The molecule has 0 radical (unpaired) electrons. The Morgan fingerprint density at radius 1 is 0.552 bits per heavy atom. The van der Waals surface area contributed by atoms with Crippen LogP contribution in [0.25, 0.3) is 59.2 Å². The van der Waals surface area contributed by atoms with Crippen LogP contribution < -0.4 is 9.64 Å². The summed E-state index contributed by atoms with van der Waals surface area (Å²) in [5.74, 6) is 2.45. The molecular weight excluding hydrogens is 729 g/mol. The van der Waals surface area contributed by atoms with E-state index in [4.69, 9.17) is 9.72 Å². The number of ether oxygens (including phenoxy) is 1. The lowest BCUT2D eigenvalue weighted by Gasteiger charge is -2.36. The molecule has 1 aliphatic rings. The van der Waals surface area contributed by atoms with Crippen LogP contribution in [0.3, 0.4) is 0 Å². The fraction of sp³-hybridized carbons (Fsp3) is 0.173. The van der Waals surface area contributed by atoms with Crippen LogP contribution in [0.1, 0.15) is 58.2 Å². The van der Waals surface area contributed by atoms with Crippen LogP contribution in [-0.4, -0.2) is 26.7 Å². The van der Waals surface area contributed by atoms with Gasteiger partial charge in [0.05, 0.1) is 29.1 Å². The van der Waals surface area contributed by atoms with Gasteiger partial charge in [0.1, 0.15) is 17.3 Å². The minimum Gasteiger partial charge on any atom is -0.457 e. The zero-order valence-electron chi connectivity index (χ0n) is 33.8. The van der Waals surface area contributed by atoms with Gasteiger partial charge < -0.3 is 14.5 Å². The van der Waals surface area contributed by atoms with Crippen LogP contribution in [0.4, 0.5) is 5.69 Å². The first kappa shape index (κ1) is 36.0. The number of aromatic nitrogens is 2. The number of nitrogens with zero attached hydrogens (tertiary/aromatic N) is 4. The predicted octanol–water partition coefficient (Wildman–Crippen LogP) is 14.0. The summed E-state index contributed by atoms with van der Waals surface area (Å²) in [6, 6.07) is 54.3. The van der Waals surface area contributed by atoms with Crippen LogP contribution in [0.5, 0.6) is 11.5 Å². The summed E-state index contributed by atoms with van der Waals surface area (Å²) in [4.78, 5) is 9.93. The highest BCUT2D eigenvalue weighted by Gasteiger charge is 2.37. The van der Waals surface area contributed by atoms with Gasteiger partial charge in [0.15, 0.2) is 0 Å². The van der Waals surface area contributed by atoms with Gasteiger partial charge in [0.2, 0.25) is 0 Å². The largest absolute Gasteiger partial charge is 0.457 e. The number of benzene rings is 6. The van der Waals surface area contributed by atoms with Crippen molar-refractivity contribution in [2.75, 3.05) is 11.6 Å². The highest BCUT2D eigenvalue weighted by Crippen LogP contribution is 2.45. The Hall–Kier alpha value is -6.37. The van der Waals surface area contributed by atoms with Gasteiger partial charge >= 0.3 is 0 Å². The Morgan fingerprint density at radius 3 is 1.98 bits per heavy atom. The molecule has 0 N–H and O–H groups in total. The van der Waals surface area contributed by atoms with Crippen molar-refractivity contribution >= 4 is 70.4 Å². The summed E-state index contributed by atoms with van der Waals surface area (Å²) in [6.07, 6.45) is 1.94. The van der Waals surface area contributed by atoms with Crippen molar-refractivity contribution < 1.29 is 4.74 Å². The molecular formula is C52H46N4OS. The van der Waals surface area contributed by atoms with Crippen molar-refractivity contribution in [3.05, 3.63) is 175 Å². The Kier molecular flexibility index (Phi) is 8.46. The number of fused-ring (bicyclic) bond motifs is 6. The summed E-state index contributed by atoms with van der Waals surface area (Å²) in [6.45, 7) is 14.3. The van der Waals surface area contributed by atoms with E-state index < -0.39 is 0 Å². The van der Waals surface area contributed by atoms with Crippen molar-refractivity contribution in [1.82, 2.24) is 14.5 Å². The summed E-state index contributed by atoms with van der Waals surface area (Å²) in [7, 11) is 0. The van der Waals surface area contributed by atoms with E-state index in [1.807, 2.05) is 17.5 Å². The molecule has 0 atom stereocenters. The first-order chi connectivity index (χ1) is 28.0. The molecule has 58 heavy (non-hydrogen) atoms. The molecule has 0 saturated carbocycles. The van der Waals surface area contributed by atoms with E-state index in [0.29, 0.717) is 6.67 Å². The van der Waals surface area contributed by atoms with Gasteiger partial charge in [-0.25, -0.2) is 4.98 Å². The van der Waals surface area contributed by atoms with E-state index in [-0.39, 0.29) is 11.0 Å². The SMILES string of the molecule is CC(C)(C)c1ccnc(-n2c3cc(Oc4cccc(N5CN(C(C)(C)C)C(c6ccccc6)=C5c5ccccc5)c4)ccc3c3cc4c(cc32)sc2ccccc24)c1. The molecule has 0 fully saturated rings. The highest BCUT2D eigenvalue weighted by molar-refractivity contribution is 7.25. The Morgan fingerprint density at radius 2 is 1.24 bits per heavy atom. The van der Waals surface area contributed by atoms with Crippen molar-refractivity contribution in [2.24, 2.45) is 0 Å². The average Bonchev–Trinajstić information content (AvgIpc) is 3.90. The lowest BCUT2D eigenvalue weighted by atomic mass is 9.88. The van der Waals surface area contributed by atoms with E-state index in [0.717, 1.165) is 34.0 Å². The Labute approximate surface area is 344 Å². The zero-order chi connectivity index (χ0) is 39.8. The molecule has 0 spiro atoms. The second kappa shape index (κ2) is 13.6. The molecule has 0 bridgehead atoms. The van der Waals surface area contributed by atoms with Gasteiger partial charge in [0, 0.05) is 71.6 Å². The van der Waals surface area contributed by atoms with E-state index in [1.165, 1.54) is 59.0 Å². The number of rotatable bonds is 6. The second-order valence-electron chi connectivity index (χ2n) is 17.3. The monoisotopic (exact) mass is 774 g/mol. The maximum atomic E-state index is 6.83. The second-order valence-corrected chi connectivity index (χ2v) is 18.4. The Balaban J connectivity index is 1.10. The standard InChI is InChI=1S/C52H46N4OS/c1-51(2,3)36-26-27-53-48(28-36)56-44-30-39(24-25-40(44)42-31-43-41-22-13-14-23-46(41)58-47(43)32-45(42)56)57-38-21-15-20-37(29-38)54-33-55(52(4,5)6)50(35-18-11-8-12-19-35)49(54)34-16-9-7-10-17-34/h7-32H,33H2,1-6H3. The van der Waals surface area contributed by atoms with Gasteiger partial charge in [-0.1, -0.05) is 106 Å². The third kappa shape index (κ3) is 6.20. The fourth-order valence-corrected chi connectivity index (χ4v) is 9.58. The molecule has 6 heteroatoms. The molecule has 10 rings (SSSR count).